The molecule has 1 aromatic carbocycles. The third-order valence-electron chi connectivity index (χ3n) is 3.61. The van der Waals surface area contributed by atoms with Gasteiger partial charge in [-0.25, -0.2) is 15.0 Å². The van der Waals surface area contributed by atoms with Crippen LogP contribution in [0.4, 0.5) is 0 Å². The minimum atomic E-state index is 0.536. The van der Waals surface area contributed by atoms with Crippen molar-refractivity contribution >= 4 is 27.5 Å². The zero-order valence-electron chi connectivity index (χ0n) is 13.3. The van der Waals surface area contributed by atoms with Gasteiger partial charge in [0, 0.05) is 51.0 Å². The van der Waals surface area contributed by atoms with E-state index >= 15 is 0 Å². The molecule has 0 fully saturated rings. The first-order valence-corrected chi connectivity index (χ1v) is 8.89. The molecule has 26 heavy (non-hydrogen) atoms. The van der Waals surface area contributed by atoms with E-state index in [4.69, 9.17) is 11.6 Å². The lowest BCUT2D eigenvalue weighted by Gasteiger charge is -2.08. The predicted molar refractivity (Wildman–Crippen MR) is 104 cm³/mol. The second kappa shape index (κ2) is 7.27. The predicted octanol–water partition coefficient (Wildman–Crippen LogP) is 5.08. The van der Waals surface area contributed by atoms with E-state index in [2.05, 4.69) is 40.8 Å². The first kappa shape index (κ1) is 16.8. The van der Waals surface area contributed by atoms with Gasteiger partial charge in [-0.1, -0.05) is 27.5 Å². The highest BCUT2D eigenvalue weighted by atomic mass is 79.9. The molecule has 0 radical (unpaired) electrons. The van der Waals surface area contributed by atoms with Gasteiger partial charge in [-0.05, 0) is 42.5 Å². The molecule has 0 aliphatic carbocycles. The number of rotatable bonds is 3. The molecule has 0 unspecified atom stereocenters. The molecular formula is C19H11BrClN5. The molecule has 126 valence electrons. The van der Waals surface area contributed by atoms with Crippen molar-refractivity contribution in [2.24, 2.45) is 0 Å². The summed E-state index contributed by atoms with van der Waals surface area (Å²) >= 11 is 9.66. The minimum absolute atomic E-state index is 0.536. The zero-order chi connectivity index (χ0) is 17.9. The summed E-state index contributed by atoms with van der Waals surface area (Å²) in [6.07, 6.45) is 6.85. The maximum absolute atomic E-state index is 6.19. The van der Waals surface area contributed by atoms with Crippen molar-refractivity contribution in [1.82, 2.24) is 24.9 Å². The summed E-state index contributed by atoms with van der Waals surface area (Å²) in [7, 11) is 0. The number of benzene rings is 1. The Balaban J connectivity index is 1.93. The summed E-state index contributed by atoms with van der Waals surface area (Å²) in [6, 6.07) is 13.0. The molecule has 0 aliphatic rings. The fourth-order valence-corrected chi connectivity index (χ4v) is 3.30. The molecule has 3 aromatic heterocycles. The monoisotopic (exact) mass is 423 g/mol. The number of halogens is 2. The number of hydrogen-bond acceptors (Lipinski definition) is 5. The van der Waals surface area contributed by atoms with Crippen LogP contribution in [0.5, 0.6) is 0 Å². The summed E-state index contributed by atoms with van der Waals surface area (Å²) in [4.78, 5) is 22.1. The van der Waals surface area contributed by atoms with Gasteiger partial charge in [0.1, 0.15) is 0 Å². The van der Waals surface area contributed by atoms with Crippen LogP contribution < -0.4 is 0 Å². The Morgan fingerprint density at radius 2 is 1.38 bits per heavy atom. The molecule has 3 heterocycles. The Kier molecular flexibility index (Phi) is 4.69. The summed E-state index contributed by atoms with van der Waals surface area (Å²) < 4.78 is 0.855. The van der Waals surface area contributed by atoms with E-state index in [1.165, 1.54) is 0 Å². The average Bonchev–Trinajstić information content (AvgIpc) is 2.68. The van der Waals surface area contributed by atoms with Crippen LogP contribution in [0.1, 0.15) is 0 Å². The van der Waals surface area contributed by atoms with E-state index in [0.29, 0.717) is 22.5 Å². The van der Waals surface area contributed by atoms with Crippen LogP contribution in [0, 0.1) is 0 Å². The highest BCUT2D eigenvalue weighted by molar-refractivity contribution is 9.10. The van der Waals surface area contributed by atoms with Gasteiger partial charge < -0.3 is 0 Å². The first-order valence-electron chi connectivity index (χ1n) is 7.72. The van der Waals surface area contributed by atoms with Gasteiger partial charge in [0.15, 0.2) is 17.5 Å². The summed E-state index contributed by atoms with van der Waals surface area (Å²) in [5.74, 6) is 1.65. The van der Waals surface area contributed by atoms with Crippen LogP contribution >= 0.6 is 27.5 Å². The van der Waals surface area contributed by atoms with Crippen LogP contribution in [0.2, 0.25) is 5.02 Å². The van der Waals surface area contributed by atoms with E-state index in [0.717, 1.165) is 21.2 Å². The van der Waals surface area contributed by atoms with Crippen molar-refractivity contribution in [2.45, 2.75) is 0 Å². The van der Waals surface area contributed by atoms with E-state index in [1.54, 1.807) is 24.8 Å². The van der Waals surface area contributed by atoms with Crippen molar-refractivity contribution in [3.05, 3.63) is 76.7 Å². The lowest BCUT2D eigenvalue weighted by Crippen LogP contribution is -2.00. The number of nitrogens with zero attached hydrogens (tertiary/aromatic N) is 5. The van der Waals surface area contributed by atoms with Crippen LogP contribution in [0.3, 0.4) is 0 Å². The van der Waals surface area contributed by atoms with Crippen LogP contribution in [-0.4, -0.2) is 24.9 Å². The molecule has 0 saturated heterocycles. The second-order valence-electron chi connectivity index (χ2n) is 5.44. The maximum Gasteiger partial charge on any atom is 0.165 e. The Morgan fingerprint density at radius 3 is 2.04 bits per heavy atom. The molecule has 0 bridgehead atoms. The normalized spacial score (nSPS) is 10.7. The Labute approximate surface area is 163 Å². The lowest BCUT2D eigenvalue weighted by molar-refractivity contribution is 1.07. The lowest BCUT2D eigenvalue weighted by atomic mass is 10.2. The van der Waals surface area contributed by atoms with Gasteiger partial charge in [-0.3, -0.25) is 9.97 Å². The number of pyridine rings is 2. The molecule has 7 heteroatoms. The molecule has 0 spiro atoms. The molecule has 4 aromatic rings. The molecular weight excluding hydrogens is 414 g/mol. The zero-order valence-corrected chi connectivity index (χ0v) is 15.7. The van der Waals surface area contributed by atoms with E-state index in [9.17, 15) is 0 Å². The van der Waals surface area contributed by atoms with Gasteiger partial charge >= 0.3 is 0 Å². The van der Waals surface area contributed by atoms with Crippen molar-refractivity contribution < 1.29 is 0 Å². The van der Waals surface area contributed by atoms with Gasteiger partial charge in [0.2, 0.25) is 0 Å². The molecule has 0 saturated carbocycles. The van der Waals surface area contributed by atoms with Crippen LogP contribution in [0.15, 0.2) is 71.7 Å². The van der Waals surface area contributed by atoms with Crippen molar-refractivity contribution in [1.29, 1.82) is 0 Å². The third-order valence-corrected chi connectivity index (χ3v) is 4.29. The maximum atomic E-state index is 6.19. The van der Waals surface area contributed by atoms with E-state index < -0.39 is 0 Å². The molecule has 0 amide bonds. The second-order valence-corrected chi connectivity index (χ2v) is 6.79. The summed E-state index contributed by atoms with van der Waals surface area (Å²) in [5.41, 5.74) is 2.47. The Hall–Kier alpha value is -2.70. The highest BCUT2D eigenvalue weighted by Crippen LogP contribution is 2.28. The van der Waals surface area contributed by atoms with E-state index in [-0.39, 0.29) is 0 Å². The minimum Gasteiger partial charge on any atom is -0.265 e. The Morgan fingerprint density at radius 1 is 0.692 bits per heavy atom. The largest absolute Gasteiger partial charge is 0.265 e. The van der Waals surface area contributed by atoms with Gasteiger partial charge in [-0.2, -0.15) is 0 Å². The van der Waals surface area contributed by atoms with Crippen molar-refractivity contribution in [3.63, 3.8) is 0 Å². The van der Waals surface area contributed by atoms with Gasteiger partial charge in [0.25, 0.3) is 0 Å². The average molecular weight is 425 g/mol. The topological polar surface area (TPSA) is 64.5 Å². The van der Waals surface area contributed by atoms with Crippen LogP contribution in [0.25, 0.3) is 34.2 Å². The fourth-order valence-electron chi connectivity index (χ4n) is 2.44. The van der Waals surface area contributed by atoms with Gasteiger partial charge in [-0.15, -0.1) is 0 Å². The quantitative estimate of drug-likeness (QED) is 0.459. The van der Waals surface area contributed by atoms with Gasteiger partial charge in [0.05, 0.1) is 0 Å². The molecule has 5 nitrogen and oxygen atoms in total. The van der Waals surface area contributed by atoms with Crippen LogP contribution in [-0.2, 0) is 0 Å². The molecule has 0 atom stereocenters. The number of hydrogen-bond donors (Lipinski definition) is 0. The standard InChI is InChI=1S/C19H11BrClN5/c20-15-8-14(9-16(21)10-15)19-25-17(12-3-6-22-7-4-12)24-18(26-19)13-2-1-5-23-11-13/h1-11H. The van der Waals surface area contributed by atoms with Crippen molar-refractivity contribution in [2.75, 3.05) is 0 Å². The molecule has 0 aliphatic heterocycles. The third kappa shape index (κ3) is 3.61. The molecule has 0 N–H and O–H groups in total. The van der Waals surface area contributed by atoms with E-state index in [1.807, 2.05) is 42.5 Å². The molecule has 4 rings (SSSR count). The summed E-state index contributed by atoms with van der Waals surface area (Å²) in [5, 5.41) is 0.600. The highest BCUT2D eigenvalue weighted by Gasteiger charge is 2.13. The Bertz CT molecular complexity index is 980. The smallest absolute Gasteiger partial charge is 0.165 e. The summed E-state index contributed by atoms with van der Waals surface area (Å²) in [6.45, 7) is 0. The first-order chi connectivity index (χ1) is 12.7. The number of aromatic nitrogens is 5. The fraction of sp³-hybridized carbons (Fsp3) is 0. The SMILES string of the molecule is Clc1cc(Br)cc(-c2nc(-c3ccncc3)nc(-c3cccnc3)n2)c1. The van der Waals surface area contributed by atoms with Crippen molar-refractivity contribution in [3.8, 4) is 34.2 Å².